The molecule has 12 rings (SSSR count). The summed E-state index contributed by atoms with van der Waals surface area (Å²) in [5.74, 6) is 1.65. The highest BCUT2D eigenvalue weighted by molar-refractivity contribution is 6.13. The number of hydrogen-bond donors (Lipinski definition) is 0. The second-order valence-corrected chi connectivity index (χ2v) is 15.2. The van der Waals surface area contributed by atoms with Crippen molar-refractivity contribution in [2.45, 2.75) is 0 Å². The molecule has 0 aliphatic heterocycles. The minimum atomic E-state index is 0.531. The van der Waals surface area contributed by atoms with Gasteiger partial charge >= 0.3 is 0 Å². The van der Waals surface area contributed by atoms with Crippen LogP contribution in [0.5, 0.6) is 0 Å². The van der Waals surface area contributed by atoms with Gasteiger partial charge in [0.2, 0.25) is 0 Å². The molecule has 0 saturated heterocycles. The lowest BCUT2D eigenvalue weighted by atomic mass is 9.97. The molecule has 12 aromatic rings. The molecular weight excluding hydrogens is 735 g/mol. The molecule has 0 bridgehead atoms. The molecule has 9 aromatic carbocycles. The Labute approximate surface area is 344 Å². The normalized spacial score (nSPS) is 11.7. The first-order chi connectivity index (χ1) is 29.7. The Hall–Kier alpha value is -8.15. The van der Waals surface area contributed by atoms with Gasteiger partial charge in [0, 0.05) is 32.7 Å². The van der Waals surface area contributed by atoms with Crippen LogP contribution < -0.4 is 0 Å². The summed E-state index contributed by atoms with van der Waals surface area (Å²) in [6, 6.07) is 69.4. The number of nitrogens with zero attached hydrogens (tertiary/aromatic N) is 3. The van der Waals surface area contributed by atoms with Crippen LogP contribution in [-0.4, -0.2) is 15.0 Å². The highest BCUT2D eigenvalue weighted by atomic mass is 16.3. The summed E-state index contributed by atoms with van der Waals surface area (Å²) in [4.78, 5) is 15.6. The first kappa shape index (κ1) is 33.9. The number of aromatic nitrogens is 3. The fourth-order valence-electron chi connectivity index (χ4n) is 8.57. The van der Waals surface area contributed by atoms with Crippen LogP contribution in [0, 0.1) is 0 Å². The monoisotopic (exact) mass is 767 g/mol. The van der Waals surface area contributed by atoms with Gasteiger partial charge in [0.05, 0.1) is 5.56 Å². The lowest BCUT2D eigenvalue weighted by Crippen LogP contribution is -2.00. The molecule has 280 valence electrons. The molecule has 3 heterocycles. The highest BCUT2D eigenvalue weighted by Crippen LogP contribution is 2.40. The van der Waals surface area contributed by atoms with Crippen LogP contribution in [0.2, 0.25) is 0 Å². The summed E-state index contributed by atoms with van der Waals surface area (Å²) in [5.41, 5.74) is 12.5. The summed E-state index contributed by atoms with van der Waals surface area (Å²) in [6.07, 6.45) is 0. The maximum atomic E-state index is 6.64. The van der Waals surface area contributed by atoms with E-state index in [1.54, 1.807) is 0 Å². The van der Waals surface area contributed by atoms with E-state index in [4.69, 9.17) is 23.8 Å². The molecule has 0 spiro atoms. The molecular formula is C55H33N3O2. The van der Waals surface area contributed by atoms with Gasteiger partial charge in [0.1, 0.15) is 22.3 Å². The van der Waals surface area contributed by atoms with Crippen molar-refractivity contribution >= 4 is 54.6 Å². The standard InChI is InChI=1S/C55H33N3O2/c1-3-12-34(13-4-1)37-16-9-17-41(30-37)53-56-54(58-55(57-53)47-21-10-19-44-43-18-7-8-22-48(43)60-52(44)47)46-20-11-23-49-51(46)45-29-28-40(33-50(45)59-49)39-27-25-36-24-26-38(31-42(36)32-39)35-14-5-2-6-15-35/h1-33H. The van der Waals surface area contributed by atoms with Crippen molar-refractivity contribution in [3.8, 4) is 67.5 Å². The van der Waals surface area contributed by atoms with Gasteiger partial charge in [-0.05, 0) is 92.7 Å². The third-order valence-electron chi connectivity index (χ3n) is 11.5. The predicted molar refractivity (Wildman–Crippen MR) is 245 cm³/mol. The Morgan fingerprint density at radius 2 is 0.833 bits per heavy atom. The zero-order valence-electron chi connectivity index (χ0n) is 32.2. The summed E-state index contributed by atoms with van der Waals surface area (Å²) >= 11 is 0. The zero-order valence-corrected chi connectivity index (χ0v) is 32.2. The third kappa shape index (κ3) is 5.75. The van der Waals surface area contributed by atoms with E-state index in [0.717, 1.165) is 82.8 Å². The second-order valence-electron chi connectivity index (χ2n) is 15.2. The smallest absolute Gasteiger partial charge is 0.167 e. The molecule has 60 heavy (non-hydrogen) atoms. The number of rotatable bonds is 6. The minimum Gasteiger partial charge on any atom is -0.456 e. The van der Waals surface area contributed by atoms with Crippen LogP contribution in [0.1, 0.15) is 0 Å². The van der Waals surface area contributed by atoms with Gasteiger partial charge < -0.3 is 8.83 Å². The molecule has 0 radical (unpaired) electrons. The van der Waals surface area contributed by atoms with Gasteiger partial charge in [-0.25, -0.2) is 15.0 Å². The number of benzene rings is 9. The Bertz CT molecular complexity index is 3610. The van der Waals surface area contributed by atoms with Gasteiger partial charge in [0.25, 0.3) is 0 Å². The Morgan fingerprint density at radius 3 is 1.63 bits per heavy atom. The van der Waals surface area contributed by atoms with E-state index in [0.29, 0.717) is 17.5 Å². The van der Waals surface area contributed by atoms with E-state index in [9.17, 15) is 0 Å². The van der Waals surface area contributed by atoms with Crippen LogP contribution in [-0.2, 0) is 0 Å². The van der Waals surface area contributed by atoms with E-state index >= 15 is 0 Å². The van der Waals surface area contributed by atoms with Crippen molar-refractivity contribution in [2.75, 3.05) is 0 Å². The van der Waals surface area contributed by atoms with E-state index in [-0.39, 0.29) is 0 Å². The maximum absolute atomic E-state index is 6.64. The maximum Gasteiger partial charge on any atom is 0.167 e. The molecule has 3 aromatic heterocycles. The van der Waals surface area contributed by atoms with Crippen molar-refractivity contribution in [1.29, 1.82) is 0 Å². The molecule has 5 heteroatoms. The topological polar surface area (TPSA) is 65.0 Å². The van der Waals surface area contributed by atoms with Gasteiger partial charge in [-0.3, -0.25) is 0 Å². The van der Waals surface area contributed by atoms with Crippen molar-refractivity contribution in [2.24, 2.45) is 0 Å². The van der Waals surface area contributed by atoms with Gasteiger partial charge in [-0.1, -0.05) is 152 Å². The van der Waals surface area contributed by atoms with E-state index in [1.165, 1.54) is 21.9 Å². The molecule has 0 aliphatic rings. The number of para-hydroxylation sites is 2. The van der Waals surface area contributed by atoms with E-state index < -0.39 is 0 Å². The fourth-order valence-corrected chi connectivity index (χ4v) is 8.57. The SMILES string of the molecule is c1ccc(-c2cccc(-c3nc(-c4cccc5c4oc4ccccc45)nc(-c4cccc5oc6cc(-c7ccc8ccc(-c9ccccc9)cc8c7)ccc6c45)n3)c2)cc1. The third-order valence-corrected chi connectivity index (χ3v) is 11.5. The molecule has 0 atom stereocenters. The minimum absolute atomic E-state index is 0.531. The van der Waals surface area contributed by atoms with Gasteiger partial charge in [-0.15, -0.1) is 0 Å². The molecule has 0 amide bonds. The van der Waals surface area contributed by atoms with Crippen LogP contribution in [0.25, 0.3) is 122 Å². The lowest BCUT2D eigenvalue weighted by molar-refractivity contribution is 0.668. The molecule has 0 fully saturated rings. The van der Waals surface area contributed by atoms with Crippen molar-refractivity contribution < 1.29 is 8.83 Å². The number of fused-ring (bicyclic) bond motifs is 7. The predicted octanol–water partition coefficient (Wildman–Crippen LogP) is 14.8. The fraction of sp³-hybridized carbons (Fsp3) is 0. The van der Waals surface area contributed by atoms with E-state index in [1.807, 2.05) is 48.5 Å². The summed E-state index contributed by atoms with van der Waals surface area (Å²) < 4.78 is 13.1. The van der Waals surface area contributed by atoms with Crippen molar-refractivity contribution in [3.05, 3.63) is 200 Å². The van der Waals surface area contributed by atoms with Crippen LogP contribution in [0.3, 0.4) is 0 Å². The highest BCUT2D eigenvalue weighted by Gasteiger charge is 2.21. The van der Waals surface area contributed by atoms with Crippen LogP contribution in [0.15, 0.2) is 209 Å². The Balaban J connectivity index is 1.02. The van der Waals surface area contributed by atoms with E-state index in [2.05, 4.69) is 152 Å². The van der Waals surface area contributed by atoms with Crippen LogP contribution in [0.4, 0.5) is 0 Å². The van der Waals surface area contributed by atoms with Crippen molar-refractivity contribution in [1.82, 2.24) is 15.0 Å². The molecule has 0 aliphatic carbocycles. The second kappa shape index (κ2) is 13.8. The van der Waals surface area contributed by atoms with Crippen LogP contribution >= 0.6 is 0 Å². The molecule has 0 unspecified atom stereocenters. The van der Waals surface area contributed by atoms with Gasteiger partial charge in [0.15, 0.2) is 17.5 Å². The number of furan rings is 2. The Morgan fingerprint density at radius 1 is 0.283 bits per heavy atom. The summed E-state index contributed by atoms with van der Waals surface area (Å²) in [7, 11) is 0. The lowest BCUT2D eigenvalue weighted by Gasteiger charge is -2.10. The van der Waals surface area contributed by atoms with Crippen molar-refractivity contribution in [3.63, 3.8) is 0 Å². The first-order valence-corrected chi connectivity index (χ1v) is 20.1. The Kier molecular flexibility index (Phi) is 7.78. The van der Waals surface area contributed by atoms with Gasteiger partial charge in [-0.2, -0.15) is 0 Å². The number of hydrogen-bond acceptors (Lipinski definition) is 5. The molecule has 0 saturated carbocycles. The first-order valence-electron chi connectivity index (χ1n) is 20.1. The quantitative estimate of drug-likeness (QED) is 0.169. The summed E-state index contributed by atoms with van der Waals surface area (Å²) in [5, 5.41) is 6.40. The average Bonchev–Trinajstić information content (AvgIpc) is 3.90. The average molecular weight is 768 g/mol. The zero-order chi connectivity index (χ0) is 39.6. The molecule has 5 nitrogen and oxygen atoms in total. The largest absolute Gasteiger partial charge is 0.456 e. The summed E-state index contributed by atoms with van der Waals surface area (Å²) in [6.45, 7) is 0. The molecule has 0 N–H and O–H groups in total.